The maximum atomic E-state index is 12.9. The third-order valence-electron chi connectivity index (χ3n) is 14.8. The van der Waals surface area contributed by atoms with E-state index >= 15 is 0 Å². The van der Waals surface area contributed by atoms with Gasteiger partial charge in [0.2, 0.25) is 0 Å². The zero-order valence-electron chi connectivity index (χ0n) is 55.1. The van der Waals surface area contributed by atoms with Crippen LogP contribution in [0.25, 0.3) is 0 Å². The Bertz CT molecular complexity index is 1790. The second-order valence-electron chi connectivity index (χ2n) is 24.2. The van der Waals surface area contributed by atoms with Crippen LogP contribution in [0.5, 0.6) is 0 Å². The minimum Gasteiger partial charge on any atom is -0.462 e. The van der Waals surface area contributed by atoms with Crippen LogP contribution in [0.3, 0.4) is 0 Å². The van der Waals surface area contributed by atoms with Crippen molar-refractivity contribution in [3.8, 4) is 0 Å². The number of ether oxygens (including phenoxy) is 2. The minimum absolute atomic E-state index is 0.0267. The van der Waals surface area contributed by atoms with Gasteiger partial charge in [-0.15, -0.1) is 0 Å². The second kappa shape index (κ2) is 64.2. The van der Waals surface area contributed by atoms with Crippen LogP contribution < -0.4 is 0 Å². The van der Waals surface area contributed by atoms with E-state index in [2.05, 4.69) is 123 Å². The van der Waals surface area contributed by atoms with Crippen molar-refractivity contribution in [2.24, 2.45) is 0 Å². The van der Waals surface area contributed by atoms with Gasteiger partial charge < -0.3 is 18.9 Å². The van der Waals surface area contributed by atoms with Gasteiger partial charge in [0.05, 0.1) is 27.7 Å². The standard InChI is InChI=1S/C74H130NO8P/c1-6-8-10-12-14-16-18-20-22-24-26-27-28-29-30-31-32-33-34-35-36-37-38-39-40-41-42-43-44-45-46-47-49-51-53-55-57-59-61-63-65-67-74(77)83-72(71-82-84(78,79)81-69-68-75(3,4)5)70-80-73(76)66-64-62-60-58-56-54-52-50-48-25-23-21-19-17-15-13-11-9-7-2/h8-11,14-17,20-23,26-27,29-30,48,50,72H,6-7,12-13,18-19,24-25,28,31-47,49,51-71H2,1-5H3/p+1/b10-8-,11-9-,16-14-,17-15-,22-20-,23-21-,27-26-,30-29-,50-48-. The van der Waals surface area contributed by atoms with E-state index in [1.807, 2.05) is 21.1 Å². The predicted molar refractivity (Wildman–Crippen MR) is 362 cm³/mol. The number of esters is 2. The normalized spacial score (nSPS) is 13.8. The topological polar surface area (TPSA) is 108 Å². The summed E-state index contributed by atoms with van der Waals surface area (Å²) in [5.41, 5.74) is 0. The number of unbranched alkanes of at least 4 members (excludes halogenated alkanes) is 31. The summed E-state index contributed by atoms with van der Waals surface area (Å²) in [5, 5.41) is 0. The molecule has 2 atom stereocenters. The van der Waals surface area contributed by atoms with Crippen LogP contribution in [-0.4, -0.2) is 74.9 Å². The van der Waals surface area contributed by atoms with Gasteiger partial charge >= 0.3 is 19.8 Å². The van der Waals surface area contributed by atoms with Gasteiger partial charge in [-0.05, 0) is 96.3 Å². The number of likely N-dealkylation sites (N-methyl/N-ethyl adjacent to an activating group) is 1. The molecule has 2 unspecified atom stereocenters. The number of hydrogen-bond acceptors (Lipinski definition) is 7. The quantitative estimate of drug-likeness (QED) is 0.0211. The Labute approximate surface area is 518 Å². The first kappa shape index (κ1) is 80.7. The zero-order valence-corrected chi connectivity index (χ0v) is 56.0. The number of allylic oxidation sites excluding steroid dienone is 18. The molecule has 0 rings (SSSR count). The Hall–Kier alpha value is -3.33. The van der Waals surface area contributed by atoms with Gasteiger partial charge in [-0.3, -0.25) is 18.6 Å². The molecule has 0 aliphatic rings. The number of hydrogen-bond donors (Lipinski definition) is 1. The molecule has 484 valence electrons. The molecule has 0 aliphatic heterocycles. The van der Waals surface area contributed by atoms with E-state index in [0.29, 0.717) is 17.4 Å². The van der Waals surface area contributed by atoms with E-state index < -0.39 is 26.5 Å². The highest BCUT2D eigenvalue weighted by Gasteiger charge is 2.27. The molecule has 0 bridgehead atoms. The molecule has 1 N–H and O–H groups in total. The smallest absolute Gasteiger partial charge is 0.462 e. The summed E-state index contributed by atoms with van der Waals surface area (Å²) in [6.45, 7) is 4.21. The predicted octanol–water partition coefficient (Wildman–Crippen LogP) is 22.5. The van der Waals surface area contributed by atoms with Crippen molar-refractivity contribution in [1.82, 2.24) is 0 Å². The molecule has 0 spiro atoms. The van der Waals surface area contributed by atoms with Crippen LogP contribution in [-0.2, 0) is 32.7 Å². The SMILES string of the molecule is CC/C=C\C/C=C\C/C=C\C/C=C\C/C=C\CCCCCCCCCCCCCCCCCCCCCCCCCCCC(=O)OC(COC(=O)CCCCCCCC/C=C\C/C=C\C/C=C\C/C=C\CC)COP(=O)(O)OCC[N+](C)(C)C. The molecule has 0 aliphatic carbocycles. The molecular weight excluding hydrogens is 1060 g/mol. The lowest BCUT2D eigenvalue weighted by Crippen LogP contribution is -2.37. The molecule has 0 aromatic rings. The summed E-state index contributed by atoms with van der Waals surface area (Å²) in [6.07, 6.45) is 90.7. The largest absolute Gasteiger partial charge is 0.472 e. The van der Waals surface area contributed by atoms with Gasteiger partial charge in [0, 0.05) is 12.8 Å². The van der Waals surface area contributed by atoms with E-state index in [-0.39, 0.29) is 32.0 Å². The van der Waals surface area contributed by atoms with Gasteiger partial charge in [-0.25, -0.2) is 4.57 Å². The molecule has 10 heteroatoms. The number of phosphoric ester groups is 1. The molecule has 0 saturated heterocycles. The molecular formula is C74H131NO8P+. The number of quaternary nitrogens is 1. The summed E-state index contributed by atoms with van der Waals surface area (Å²) in [7, 11) is 1.47. The molecule has 0 fully saturated rings. The fourth-order valence-electron chi connectivity index (χ4n) is 9.57. The maximum Gasteiger partial charge on any atom is 0.472 e. The van der Waals surface area contributed by atoms with E-state index in [4.69, 9.17) is 18.5 Å². The summed E-state index contributed by atoms with van der Waals surface area (Å²) >= 11 is 0. The lowest BCUT2D eigenvalue weighted by Gasteiger charge is -2.24. The third-order valence-corrected chi connectivity index (χ3v) is 15.8. The fourth-order valence-corrected chi connectivity index (χ4v) is 10.3. The summed E-state index contributed by atoms with van der Waals surface area (Å²) in [4.78, 5) is 35.8. The third kappa shape index (κ3) is 67.8. The Balaban J connectivity index is 3.94. The first-order valence-corrected chi connectivity index (χ1v) is 36.1. The molecule has 0 aromatic heterocycles. The number of carbonyl (C=O) groups is 2. The van der Waals surface area contributed by atoms with Crippen LogP contribution in [0.2, 0.25) is 0 Å². The van der Waals surface area contributed by atoms with Crippen LogP contribution in [0, 0.1) is 0 Å². The van der Waals surface area contributed by atoms with Gasteiger partial charge in [-0.2, -0.15) is 0 Å². The van der Waals surface area contributed by atoms with Crippen molar-refractivity contribution in [1.29, 1.82) is 0 Å². The van der Waals surface area contributed by atoms with Crippen LogP contribution in [0.15, 0.2) is 109 Å². The van der Waals surface area contributed by atoms with Gasteiger partial charge in [0.15, 0.2) is 6.10 Å². The number of nitrogens with zero attached hydrogens (tertiary/aromatic N) is 1. The second-order valence-corrected chi connectivity index (χ2v) is 25.6. The van der Waals surface area contributed by atoms with Crippen LogP contribution in [0.1, 0.15) is 296 Å². The fraction of sp³-hybridized carbons (Fsp3) is 0.730. The molecule has 0 radical (unpaired) electrons. The summed E-state index contributed by atoms with van der Waals surface area (Å²) in [6, 6.07) is 0. The van der Waals surface area contributed by atoms with Gasteiger partial charge in [-0.1, -0.05) is 297 Å². The van der Waals surface area contributed by atoms with Crippen molar-refractivity contribution in [3.63, 3.8) is 0 Å². The van der Waals surface area contributed by atoms with E-state index in [0.717, 1.165) is 109 Å². The Morgan fingerprint density at radius 1 is 0.369 bits per heavy atom. The van der Waals surface area contributed by atoms with Gasteiger partial charge in [0.1, 0.15) is 19.8 Å². The maximum absolute atomic E-state index is 12.9. The highest BCUT2D eigenvalue weighted by Crippen LogP contribution is 2.43. The first-order valence-electron chi connectivity index (χ1n) is 34.6. The van der Waals surface area contributed by atoms with Crippen molar-refractivity contribution >= 4 is 19.8 Å². The monoisotopic (exact) mass is 1190 g/mol. The number of carbonyl (C=O) groups excluding carboxylic acids is 2. The van der Waals surface area contributed by atoms with Crippen molar-refractivity contribution in [2.75, 3.05) is 47.5 Å². The van der Waals surface area contributed by atoms with Gasteiger partial charge in [0.25, 0.3) is 0 Å². The van der Waals surface area contributed by atoms with Crippen molar-refractivity contribution < 1.29 is 42.1 Å². The molecule has 0 saturated carbocycles. The molecule has 9 nitrogen and oxygen atoms in total. The van der Waals surface area contributed by atoms with E-state index in [9.17, 15) is 19.0 Å². The van der Waals surface area contributed by atoms with E-state index in [1.54, 1.807) is 0 Å². The molecule has 0 heterocycles. The Morgan fingerprint density at radius 3 is 0.952 bits per heavy atom. The average molecular weight is 1190 g/mol. The molecule has 84 heavy (non-hydrogen) atoms. The lowest BCUT2D eigenvalue weighted by molar-refractivity contribution is -0.870. The average Bonchev–Trinajstić information content (AvgIpc) is 3.61. The van der Waals surface area contributed by atoms with Crippen molar-refractivity contribution in [2.45, 2.75) is 302 Å². The Morgan fingerprint density at radius 2 is 0.643 bits per heavy atom. The molecule has 0 aromatic carbocycles. The summed E-state index contributed by atoms with van der Waals surface area (Å²) in [5.74, 6) is -0.807. The van der Waals surface area contributed by atoms with Crippen molar-refractivity contribution in [3.05, 3.63) is 109 Å². The minimum atomic E-state index is -4.40. The summed E-state index contributed by atoms with van der Waals surface area (Å²) < 4.78 is 34.7. The Kier molecular flexibility index (Phi) is 61.6. The van der Waals surface area contributed by atoms with Crippen LogP contribution >= 0.6 is 7.82 Å². The molecule has 0 amide bonds. The zero-order chi connectivity index (χ0) is 61.2. The lowest BCUT2D eigenvalue weighted by atomic mass is 10.0. The number of phosphoric acid groups is 1. The van der Waals surface area contributed by atoms with Crippen LogP contribution in [0.4, 0.5) is 0 Å². The highest BCUT2D eigenvalue weighted by molar-refractivity contribution is 7.47. The first-order chi connectivity index (χ1) is 41.0. The highest BCUT2D eigenvalue weighted by atomic mass is 31.2. The van der Waals surface area contributed by atoms with E-state index in [1.165, 1.54) is 154 Å². The number of rotatable bonds is 63.